The largest absolute Gasteiger partial charge is 0.486 e. The van der Waals surface area contributed by atoms with E-state index in [1.54, 1.807) is 33.8 Å². The molecule has 1 aromatic heterocycles. The molecule has 122 valence electrons. The Hall–Kier alpha value is -1.57. The van der Waals surface area contributed by atoms with Gasteiger partial charge in [-0.3, -0.25) is 0 Å². The monoisotopic (exact) mass is 351 g/mol. The molecule has 7 heteroatoms. The fourth-order valence-corrected chi connectivity index (χ4v) is 5.73. The van der Waals surface area contributed by atoms with Crippen LogP contribution in [0.1, 0.15) is 23.4 Å². The lowest BCUT2D eigenvalue weighted by Gasteiger charge is -2.32. The number of ether oxygens (including phenoxy) is 2. The summed E-state index contributed by atoms with van der Waals surface area (Å²) in [7, 11) is -3.56. The van der Waals surface area contributed by atoms with Gasteiger partial charge < -0.3 is 9.47 Å². The summed E-state index contributed by atoms with van der Waals surface area (Å²) in [5.41, 5.74) is 1.11. The minimum atomic E-state index is -3.56. The molecule has 0 bridgehead atoms. The summed E-state index contributed by atoms with van der Waals surface area (Å²) in [4.78, 5) is 1.54. The van der Waals surface area contributed by atoms with Crippen molar-refractivity contribution in [3.8, 4) is 11.5 Å². The molecule has 0 fully saturated rings. The molecule has 2 aliphatic heterocycles. The summed E-state index contributed by atoms with van der Waals surface area (Å²) < 4.78 is 38.6. The first-order valence-corrected chi connectivity index (χ1v) is 9.87. The molecule has 0 unspecified atom stereocenters. The van der Waals surface area contributed by atoms with Crippen molar-refractivity contribution in [3.05, 3.63) is 40.1 Å². The van der Waals surface area contributed by atoms with Crippen LogP contribution in [0.25, 0.3) is 0 Å². The molecule has 2 aliphatic rings. The first kappa shape index (κ1) is 15.0. The molecule has 0 radical (unpaired) electrons. The fourth-order valence-electron chi connectivity index (χ4n) is 3.13. The van der Waals surface area contributed by atoms with Crippen LogP contribution < -0.4 is 9.47 Å². The number of benzene rings is 1. The second kappa shape index (κ2) is 5.51. The van der Waals surface area contributed by atoms with E-state index in [9.17, 15) is 8.42 Å². The van der Waals surface area contributed by atoms with Gasteiger partial charge in [-0.25, -0.2) is 8.42 Å². The maximum Gasteiger partial charge on any atom is 0.243 e. The van der Waals surface area contributed by atoms with E-state index >= 15 is 0 Å². The fraction of sp³-hybridized carbons (Fsp3) is 0.375. The van der Waals surface area contributed by atoms with Crippen molar-refractivity contribution >= 4 is 21.4 Å². The highest BCUT2D eigenvalue weighted by Crippen LogP contribution is 2.38. The van der Waals surface area contributed by atoms with Gasteiger partial charge in [0.05, 0.1) is 4.90 Å². The zero-order valence-electron chi connectivity index (χ0n) is 12.7. The normalized spacial score (nSPS) is 21.0. The molecular formula is C16H17NO4S2. The molecule has 1 aromatic carbocycles. The quantitative estimate of drug-likeness (QED) is 0.835. The topological polar surface area (TPSA) is 55.8 Å². The molecule has 1 atom stereocenters. The third-order valence-electron chi connectivity index (χ3n) is 4.34. The molecule has 0 spiro atoms. The number of hydrogen-bond donors (Lipinski definition) is 0. The lowest BCUT2D eigenvalue weighted by Crippen LogP contribution is -2.38. The van der Waals surface area contributed by atoms with Crippen molar-refractivity contribution in [2.24, 2.45) is 0 Å². The van der Waals surface area contributed by atoms with Crippen molar-refractivity contribution in [1.82, 2.24) is 4.31 Å². The maximum atomic E-state index is 13.0. The van der Waals surface area contributed by atoms with E-state index in [-0.39, 0.29) is 10.9 Å². The van der Waals surface area contributed by atoms with Crippen LogP contribution >= 0.6 is 11.3 Å². The van der Waals surface area contributed by atoms with Crippen molar-refractivity contribution in [1.29, 1.82) is 0 Å². The molecule has 0 saturated heterocycles. The number of nitrogens with zero attached hydrogens (tertiary/aromatic N) is 1. The van der Waals surface area contributed by atoms with Crippen LogP contribution in [0.2, 0.25) is 0 Å². The maximum absolute atomic E-state index is 13.0. The third-order valence-corrected chi connectivity index (χ3v) is 7.30. The van der Waals surface area contributed by atoms with Gasteiger partial charge in [0.25, 0.3) is 0 Å². The van der Waals surface area contributed by atoms with E-state index in [0.29, 0.717) is 31.3 Å². The summed E-state index contributed by atoms with van der Waals surface area (Å²) in [5, 5.41) is 2.03. The predicted octanol–water partition coefficient (Wildman–Crippen LogP) is 2.83. The molecule has 4 rings (SSSR count). The average molecular weight is 351 g/mol. The number of fused-ring (bicyclic) bond motifs is 2. The van der Waals surface area contributed by atoms with Crippen molar-refractivity contribution in [2.75, 3.05) is 19.8 Å². The van der Waals surface area contributed by atoms with Crippen molar-refractivity contribution in [3.63, 3.8) is 0 Å². The van der Waals surface area contributed by atoms with Crippen LogP contribution in [0.5, 0.6) is 11.5 Å². The highest BCUT2D eigenvalue weighted by molar-refractivity contribution is 7.89. The molecule has 5 nitrogen and oxygen atoms in total. The Labute approximate surface area is 139 Å². The van der Waals surface area contributed by atoms with E-state index in [1.807, 2.05) is 18.4 Å². The van der Waals surface area contributed by atoms with Gasteiger partial charge in [-0.15, -0.1) is 11.3 Å². The van der Waals surface area contributed by atoms with Crippen molar-refractivity contribution in [2.45, 2.75) is 24.3 Å². The molecule has 0 aliphatic carbocycles. The van der Waals surface area contributed by atoms with E-state index in [4.69, 9.17) is 9.47 Å². The Kier molecular flexibility index (Phi) is 3.59. The van der Waals surface area contributed by atoms with Crippen LogP contribution in [0, 0.1) is 0 Å². The standard InChI is InChI=1S/C16H17NO4S2/c1-11-13-5-9-22-16(13)4-6-17(11)23(18,19)12-2-3-14-15(10-12)21-8-7-20-14/h2-3,5,9-11H,4,6-8H2,1H3/t11-/m1/s1. The minimum Gasteiger partial charge on any atom is -0.486 e. The van der Waals surface area contributed by atoms with Gasteiger partial charge in [0.1, 0.15) is 13.2 Å². The van der Waals surface area contributed by atoms with Crippen LogP contribution in [-0.4, -0.2) is 32.5 Å². The van der Waals surface area contributed by atoms with Gasteiger partial charge in [0.15, 0.2) is 11.5 Å². The van der Waals surface area contributed by atoms with Gasteiger partial charge >= 0.3 is 0 Å². The molecule has 0 N–H and O–H groups in total. The first-order valence-electron chi connectivity index (χ1n) is 7.55. The second-order valence-electron chi connectivity index (χ2n) is 5.65. The average Bonchev–Trinajstić information content (AvgIpc) is 3.04. The van der Waals surface area contributed by atoms with Gasteiger partial charge in [-0.05, 0) is 42.5 Å². The highest BCUT2D eigenvalue weighted by Gasteiger charge is 2.35. The second-order valence-corrected chi connectivity index (χ2v) is 8.54. The van der Waals surface area contributed by atoms with Gasteiger partial charge in [0.2, 0.25) is 10.0 Å². The zero-order valence-corrected chi connectivity index (χ0v) is 14.3. The highest BCUT2D eigenvalue weighted by atomic mass is 32.2. The number of sulfonamides is 1. The smallest absolute Gasteiger partial charge is 0.243 e. The van der Waals surface area contributed by atoms with Crippen LogP contribution in [-0.2, 0) is 16.4 Å². The van der Waals surface area contributed by atoms with Crippen LogP contribution in [0.3, 0.4) is 0 Å². The molecule has 2 aromatic rings. The van der Waals surface area contributed by atoms with E-state index in [2.05, 4.69) is 0 Å². The summed E-state index contributed by atoms with van der Waals surface area (Å²) in [6, 6.07) is 6.71. The Morgan fingerprint density at radius 2 is 1.96 bits per heavy atom. The minimum absolute atomic E-state index is 0.150. The summed E-state index contributed by atoms with van der Waals surface area (Å²) in [6.45, 7) is 3.38. The Balaban J connectivity index is 1.71. The molecule has 3 heterocycles. The van der Waals surface area contributed by atoms with Gasteiger partial charge in [0, 0.05) is 23.5 Å². The van der Waals surface area contributed by atoms with Gasteiger partial charge in [-0.2, -0.15) is 4.31 Å². The number of thiophene rings is 1. The molecule has 23 heavy (non-hydrogen) atoms. The van der Waals surface area contributed by atoms with Crippen LogP contribution in [0.4, 0.5) is 0 Å². The van der Waals surface area contributed by atoms with E-state index in [1.165, 1.54) is 4.88 Å². The predicted molar refractivity (Wildman–Crippen MR) is 87.8 cm³/mol. The summed E-state index contributed by atoms with van der Waals surface area (Å²) >= 11 is 1.70. The number of rotatable bonds is 2. The SMILES string of the molecule is C[C@@H]1c2ccsc2CCN1S(=O)(=O)c1ccc2c(c1)OCCO2. The molecular weight excluding hydrogens is 334 g/mol. The Bertz CT molecular complexity index is 844. The lowest BCUT2D eigenvalue weighted by atomic mass is 10.0. The summed E-state index contributed by atoms with van der Waals surface area (Å²) in [5.74, 6) is 1.10. The summed E-state index contributed by atoms with van der Waals surface area (Å²) in [6.07, 6.45) is 0.765. The molecule has 0 saturated carbocycles. The van der Waals surface area contributed by atoms with Crippen molar-refractivity contribution < 1.29 is 17.9 Å². The zero-order chi connectivity index (χ0) is 16.0. The first-order chi connectivity index (χ1) is 11.1. The third kappa shape index (κ3) is 2.43. The van der Waals surface area contributed by atoms with E-state index in [0.717, 1.165) is 12.0 Å². The Morgan fingerprint density at radius 1 is 1.17 bits per heavy atom. The lowest BCUT2D eigenvalue weighted by molar-refractivity contribution is 0.171. The molecule has 0 amide bonds. The Morgan fingerprint density at radius 3 is 2.78 bits per heavy atom. The van der Waals surface area contributed by atoms with E-state index < -0.39 is 10.0 Å². The van der Waals surface area contributed by atoms with Crippen LogP contribution in [0.15, 0.2) is 34.5 Å². The van der Waals surface area contributed by atoms with Gasteiger partial charge in [-0.1, -0.05) is 0 Å². The number of hydrogen-bond acceptors (Lipinski definition) is 5.